The largest absolute Gasteiger partial charge is 0.491 e. The lowest BCUT2D eigenvalue weighted by Gasteiger charge is -2.27. The number of carbonyl (C=O) groups excluding carboxylic acids is 12. The Morgan fingerprint density at radius 1 is 0.342 bits per heavy atom. The summed E-state index contributed by atoms with van der Waals surface area (Å²) in [5.41, 5.74) is 15.3. The molecule has 0 unspecified atom stereocenters. The Kier molecular flexibility index (Phi) is 34.9. The van der Waals surface area contributed by atoms with Crippen molar-refractivity contribution in [1.29, 1.82) is 0 Å². The second-order valence-corrected chi connectivity index (χ2v) is 48.2. The molecule has 8 aromatic rings. The van der Waals surface area contributed by atoms with Crippen LogP contribution in [0, 0.1) is 34.5 Å². The van der Waals surface area contributed by atoms with Crippen LogP contribution in [0.5, 0.6) is 5.75 Å². The molecular formula is C124H172N12O13. The van der Waals surface area contributed by atoms with Crippen LogP contribution >= 0.6 is 0 Å². The highest BCUT2D eigenvalue weighted by Gasteiger charge is 2.70. The lowest BCUT2D eigenvalue weighted by Crippen LogP contribution is -2.44. The minimum atomic E-state index is -0.341. The number of rotatable bonds is 18. The highest BCUT2D eigenvalue weighted by Crippen LogP contribution is 2.63. The maximum absolute atomic E-state index is 14.0. The second-order valence-electron chi connectivity index (χ2n) is 48.2. The summed E-state index contributed by atoms with van der Waals surface area (Å²) in [7, 11) is 0. The van der Waals surface area contributed by atoms with Crippen molar-refractivity contribution in [3.05, 3.63) is 135 Å². The molecule has 806 valence electrons. The first-order chi connectivity index (χ1) is 71.6. The molecule has 8 bridgehead atoms. The first kappa shape index (κ1) is 110. The molecule has 8 aliphatic heterocycles. The van der Waals surface area contributed by atoms with Gasteiger partial charge >= 0.3 is 0 Å². The van der Waals surface area contributed by atoms with Gasteiger partial charge in [0.1, 0.15) is 31.9 Å². The summed E-state index contributed by atoms with van der Waals surface area (Å²) in [4.78, 5) is 166. The van der Waals surface area contributed by atoms with E-state index in [4.69, 9.17) is 4.74 Å². The first-order valence-corrected chi connectivity index (χ1v) is 58.0. The van der Waals surface area contributed by atoms with Gasteiger partial charge in [-0.25, -0.2) is 0 Å². The van der Waals surface area contributed by atoms with Gasteiger partial charge in [-0.1, -0.05) is 156 Å². The maximum Gasteiger partial charge on any atom is 0.243 e. The lowest BCUT2D eigenvalue weighted by molar-refractivity contribution is -0.139. The molecule has 0 radical (unpaired) electrons. The van der Waals surface area contributed by atoms with Gasteiger partial charge in [-0.15, -0.1) is 0 Å². The van der Waals surface area contributed by atoms with Gasteiger partial charge < -0.3 is 63.9 Å². The molecule has 0 spiro atoms. The van der Waals surface area contributed by atoms with Crippen LogP contribution in [0.25, 0.3) is 43.6 Å². The second kappa shape index (κ2) is 47.3. The van der Waals surface area contributed by atoms with Gasteiger partial charge in [0.25, 0.3) is 0 Å². The number of nitrogens with one attached hydrogen (secondary N) is 4. The molecule has 4 aromatic heterocycles. The standard InChI is InChI=1S/C33H47N3O3.C31H43N3O4.C31H43N3O3.C29H39N3O3/c1-5-29(38)28-17-33-18-30(33)36(28)31(39)20-35-19-27(23(4)37)26-16-24(13-12-22(2)3)15-25(32(26)35)11-9-7-6-8-10-14-34-21-33;1-5-27(36)26-15-31-16-28(31)34(26)29(37)18-33-17-25(21(4)35)24-14-23(38-20(2)3)13-22(30(24)33)11-9-7-6-8-10-12-32-19-31;1-5-27(36)26-15-31-16-28(31)34(26)29(37)18-33-17-25(21(4)35)24-14-23(20(2)3)13-22(30(24)33)11-9-7-6-8-10-12-32-19-31;1-4-25(34)24-14-29-15-26(29)32(24)27(35)17-31-16-23(20(3)33)22-13-19(2)12-21(28(22)31)10-8-6-5-7-9-11-30-18-29/h15-16,19,22,28,30,34H,5-14,17-18,20-21H2,1-4H3;13-14,17,20,26,28,32H,5-12,15-16,18-19H2,1-4H3;13-14,17,20,26,28,32H,5-12,15-16,18-19H2,1-4H3;12-13,16,24,26,30H,4-11,14-15,17-18H2,1-3H3/t28-,30+,33-;2*26-,28+,31-;24-,26+,29-/m0000/s1. The summed E-state index contributed by atoms with van der Waals surface area (Å²) >= 11 is 0. The van der Waals surface area contributed by atoms with E-state index in [1.807, 2.05) is 110 Å². The van der Waals surface area contributed by atoms with Crippen LogP contribution in [0.3, 0.4) is 0 Å². The van der Waals surface area contributed by atoms with Crippen LogP contribution < -0.4 is 26.0 Å². The normalized spacial score (nSPS) is 26.7. The van der Waals surface area contributed by atoms with Crippen molar-refractivity contribution in [3.8, 4) is 5.75 Å². The van der Waals surface area contributed by atoms with Crippen molar-refractivity contribution in [1.82, 2.24) is 59.1 Å². The smallest absolute Gasteiger partial charge is 0.243 e. The summed E-state index contributed by atoms with van der Waals surface area (Å²) < 4.78 is 14.1. The van der Waals surface area contributed by atoms with E-state index >= 15 is 0 Å². The maximum atomic E-state index is 14.0. The van der Waals surface area contributed by atoms with Gasteiger partial charge in [-0.05, 0) is 291 Å². The van der Waals surface area contributed by atoms with Crippen molar-refractivity contribution in [2.45, 2.75) is 434 Å². The van der Waals surface area contributed by atoms with E-state index in [0.29, 0.717) is 59.8 Å². The Bertz CT molecular complexity index is 6360. The number of hydrogen-bond acceptors (Lipinski definition) is 17. The van der Waals surface area contributed by atoms with E-state index < -0.39 is 0 Å². The molecule has 25 nitrogen and oxygen atoms in total. The SMILES string of the molecule is CCC(=O)[C@@H]1C[C@]23CNCCCCCCCc4cc(C(C)C)cc5c(C(C)=O)cn(c45)CC(=O)N1[C@@H]2C3.CCC(=O)[C@@H]1C[C@]23CNCCCCCCCc4cc(C)cc5c(C(C)=O)cn(c45)CC(=O)N1[C@@H]2C3.CCC(=O)[C@@H]1C[C@]23CNCCCCCCCc4cc(CCC(C)C)cc5c(C(C)=O)cn(c45)CC(=O)N1[C@@H]2C3.CCC(=O)[C@@H]1C[C@]23CNCCCCCCCc4cc(OC(C)C)cc5c(C(C)=O)cn(c45)CC(=O)N1[C@@H]2C3. The Morgan fingerprint density at radius 2 is 0.624 bits per heavy atom. The molecule has 8 fully saturated rings. The van der Waals surface area contributed by atoms with E-state index in [-0.39, 0.29) is 172 Å². The molecule has 25 heteroatoms. The summed E-state index contributed by atoms with van der Waals surface area (Å²) in [5, 5.41) is 18.3. The Morgan fingerprint density at radius 3 is 0.926 bits per heavy atom. The summed E-state index contributed by atoms with van der Waals surface area (Å²) in [6.07, 6.45) is 45.6. The zero-order valence-corrected chi connectivity index (χ0v) is 92.5. The molecule has 20 rings (SSSR count). The molecule has 4 saturated carbocycles. The fraction of sp³-hybridized carbons (Fsp3) is 0.645. The quantitative estimate of drug-likeness (QED) is 0.0580. The Balaban J connectivity index is 0.000000135. The van der Waals surface area contributed by atoms with Crippen molar-refractivity contribution in [3.63, 3.8) is 0 Å². The number of hydrogen-bond donors (Lipinski definition) is 4. The van der Waals surface area contributed by atoms with E-state index in [9.17, 15) is 57.5 Å². The average molecular weight is 2040 g/mol. The van der Waals surface area contributed by atoms with Gasteiger partial charge in [0, 0.05) is 166 Å². The Labute approximate surface area is 884 Å². The summed E-state index contributed by atoms with van der Waals surface area (Å²) in [6.45, 7) is 37.2. The van der Waals surface area contributed by atoms with Gasteiger partial charge in [-0.3, -0.25) is 57.5 Å². The van der Waals surface area contributed by atoms with Crippen molar-refractivity contribution in [2.24, 2.45) is 27.6 Å². The number of ketones is 8. The number of ether oxygens (including phenoxy) is 1. The van der Waals surface area contributed by atoms with Gasteiger partial charge in [0.15, 0.2) is 46.3 Å². The number of carbonyl (C=O) groups is 12. The molecule has 149 heavy (non-hydrogen) atoms. The summed E-state index contributed by atoms with van der Waals surface area (Å²) in [5.74, 6) is 2.44. The molecule has 4 aliphatic carbocycles. The minimum Gasteiger partial charge on any atom is -0.491 e. The number of aryl methyl sites for hydroxylation is 6. The molecule has 12 heterocycles. The van der Waals surface area contributed by atoms with Gasteiger partial charge in [0.2, 0.25) is 23.6 Å². The van der Waals surface area contributed by atoms with E-state index in [0.717, 1.165) is 241 Å². The lowest BCUT2D eigenvalue weighted by atomic mass is 9.94. The predicted octanol–water partition coefficient (Wildman–Crippen LogP) is 20.9. The van der Waals surface area contributed by atoms with Crippen LogP contribution in [0.2, 0.25) is 0 Å². The number of piperidine rings is 4. The molecule has 4 N–H and O–H groups in total. The minimum absolute atomic E-state index is 0.00372. The number of amides is 4. The third-order valence-electron chi connectivity index (χ3n) is 36.0. The van der Waals surface area contributed by atoms with Crippen LogP contribution in [-0.4, -0.2) is 215 Å². The molecule has 4 aromatic carbocycles. The summed E-state index contributed by atoms with van der Waals surface area (Å²) in [6, 6.07) is 16.6. The van der Waals surface area contributed by atoms with Crippen molar-refractivity contribution in [2.75, 3.05) is 52.4 Å². The van der Waals surface area contributed by atoms with E-state index in [2.05, 4.69) is 98.4 Å². The number of nitrogens with zero attached hydrogens (tertiary/aromatic N) is 8. The third-order valence-corrected chi connectivity index (χ3v) is 36.0. The third kappa shape index (κ3) is 23.8. The number of Topliss-reactive ketones (excluding diaryl/α,β-unsaturated/α-hetero) is 8. The predicted molar refractivity (Wildman–Crippen MR) is 590 cm³/mol. The van der Waals surface area contributed by atoms with Crippen LogP contribution in [0.15, 0.2) is 73.3 Å². The van der Waals surface area contributed by atoms with Crippen LogP contribution in [0.4, 0.5) is 0 Å². The topological polar surface area (TPSA) is 295 Å². The number of benzene rings is 4. The molecular weight excluding hydrogens is 1870 g/mol. The van der Waals surface area contributed by atoms with Gasteiger partial charge in [-0.2, -0.15) is 0 Å². The molecule has 12 atom stereocenters. The van der Waals surface area contributed by atoms with Crippen LogP contribution in [0.1, 0.15) is 395 Å². The van der Waals surface area contributed by atoms with Crippen LogP contribution in [-0.2, 0) is 96.6 Å². The molecule has 4 amide bonds. The molecule has 4 saturated heterocycles. The fourth-order valence-corrected chi connectivity index (χ4v) is 27.7. The van der Waals surface area contributed by atoms with Crippen molar-refractivity contribution < 1.29 is 62.3 Å². The zero-order valence-electron chi connectivity index (χ0n) is 92.5. The van der Waals surface area contributed by atoms with E-state index in [1.165, 1.54) is 118 Å². The monoisotopic (exact) mass is 2040 g/mol. The Hall–Kier alpha value is -10.1. The fourth-order valence-electron chi connectivity index (χ4n) is 27.7. The van der Waals surface area contributed by atoms with Gasteiger partial charge in [0.05, 0.1) is 52.3 Å². The average Bonchev–Trinajstić information content (AvgIpc) is 1.54. The molecule has 12 aliphatic rings. The highest BCUT2D eigenvalue weighted by atomic mass is 16.5. The van der Waals surface area contributed by atoms with Crippen molar-refractivity contribution >= 4 is 114 Å². The first-order valence-electron chi connectivity index (χ1n) is 58.0. The number of aromatic nitrogens is 4. The van der Waals surface area contributed by atoms with E-state index in [1.54, 1.807) is 27.7 Å². The zero-order chi connectivity index (χ0) is 106. The highest BCUT2D eigenvalue weighted by molar-refractivity contribution is 6.12.